The first-order valence-electron chi connectivity index (χ1n) is 13.5. The van der Waals surface area contributed by atoms with E-state index in [9.17, 15) is 23.1 Å². The van der Waals surface area contributed by atoms with Crippen LogP contribution in [0.2, 0.25) is 5.02 Å². The number of aromatic nitrogens is 1. The molecule has 4 aromatic carbocycles. The van der Waals surface area contributed by atoms with Crippen LogP contribution in [0.3, 0.4) is 0 Å². The molecule has 0 aliphatic carbocycles. The first-order chi connectivity index (χ1) is 21.2. The third-order valence-electron chi connectivity index (χ3n) is 6.51. The SMILES string of the molecule is O=C(NC(Oc1ccc(CCCS(=O)(=O)c2ccc(Cl)cc2)cc1)C(=O)O)c1cccc(SCc2nc3ccccc3s2)c1. The van der Waals surface area contributed by atoms with Gasteiger partial charge in [0, 0.05) is 15.5 Å². The highest BCUT2D eigenvalue weighted by Crippen LogP contribution is 2.29. The minimum absolute atomic E-state index is 0.0261. The van der Waals surface area contributed by atoms with Gasteiger partial charge in [-0.1, -0.05) is 41.9 Å². The number of carbonyl (C=O) groups is 2. The van der Waals surface area contributed by atoms with Gasteiger partial charge in [0.25, 0.3) is 12.1 Å². The molecule has 0 bridgehead atoms. The van der Waals surface area contributed by atoms with E-state index >= 15 is 0 Å². The molecule has 1 unspecified atom stereocenters. The number of hydrogen-bond acceptors (Lipinski definition) is 8. The number of carboxylic acids is 1. The Bertz CT molecular complexity index is 1840. The summed E-state index contributed by atoms with van der Waals surface area (Å²) in [6.45, 7) is 0. The Morgan fingerprint density at radius 3 is 2.45 bits per heavy atom. The molecular weight excluding hydrogens is 640 g/mol. The largest absolute Gasteiger partial charge is 0.477 e. The summed E-state index contributed by atoms with van der Waals surface area (Å²) < 4.78 is 31.8. The average Bonchev–Trinajstić information content (AvgIpc) is 3.44. The zero-order valence-electron chi connectivity index (χ0n) is 23.2. The molecule has 1 heterocycles. The van der Waals surface area contributed by atoms with Crippen molar-refractivity contribution in [3.05, 3.63) is 118 Å². The van der Waals surface area contributed by atoms with E-state index in [-0.39, 0.29) is 16.4 Å². The lowest BCUT2D eigenvalue weighted by Crippen LogP contribution is -2.44. The summed E-state index contributed by atoms with van der Waals surface area (Å²) in [7, 11) is -3.43. The molecule has 5 aromatic rings. The number of nitrogens with one attached hydrogen (secondary N) is 1. The molecule has 44 heavy (non-hydrogen) atoms. The number of rotatable bonds is 13. The Morgan fingerprint density at radius 1 is 0.977 bits per heavy atom. The van der Waals surface area contributed by atoms with E-state index in [2.05, 4.69) is 10.3 Å². The van der Waals surface area contributed by atoms with Crippen LogP contribution in [0.15, 0.2) is 107 Å². The fourth-order valence-corrected chi connectivity index (χ4v) is 7.65. The van der Waals surface area contributed by atoms with E-state index in [1.165, 1.54) is 23.9 Å². The van der Waals surface area contributed by atoms with E-state index in [1.807, 2.05) is 30.3 Å². The average molecular weight is 667 g/mol. The molecule has 1 aromatic heterocycles. The van der Waals surface area contributed by atoms with Crippen molar-refractivity contribution < 1.29 is 27.9 Å². The van der Waals surface area contributed by atoms with Gasteiger partial charge in [0.2, 0.25) is 0 Å². The first kappa shape index (κ1) is 31.5. The van der Waals surface area contributed by atoms with Crippen LogP contribution in [0, 0.1) is 0 Å². The predicted octanol–water partition coefficient (Wildman–Crippen LogP) is 6.87. The van der Waals surface area contributed by atoms with Gasteiger partial charge in [0.05, 0.1) is 26.6 Å². The van der Waals surface area contributed by atoms with E-state index in [1.54, 1.807) is 65.9 Å². The Kier molecular flexibility index (Phi) is 10.2. The third-order valence-corrected chi connectivity index (χ3v) is 10.8. The quantitative estimate of drug-likeness (QED) is 0.103. The maximum Gasteiger partial charge on any atom is 0.366 e. The molecule has 12 heteroatoms. The van der Waals surface area contributed by atoms with Crippen molar-refractivity contribution >= 4 is 66.6 Å². The zero-order valence-corrected chi connectivity index (χ0v) is 26.4. The number of hydrogen-bond donors (Lipinski definition) is 2. The van der Waals surface area contributed by atoms with Gasteiger partial charge >= 0.3 is 5.97 Å². The van der Waals surface area contributed by atoms with Crippen molar-refractivity contribution in [1.82, 2.24) is 10.3 Å². The van der Waals surface area contributed by atoms with Crippen LogP contribution in [-0.4, -0.2) is 42.4 Å². The van der Waals surface area contributed by atoms with Crippen LogP contribution in [0.4, 0.5) is 0 Å². The normalized spacial score (nSPS) is 12.1. The van der Waals surface area contributed by atoms with Gasteiger partial charge < -0.3 is 15.2 Å². The van der Waals surface area contributed by atoms with Gasteiger partial charge in [-0.05, 0) is 85.1 Å². The second kappa shape index (κ2) is 14.3. The van der Waals surface area contributed by atoms with E-state index in [4.69, 9.17) is 16.3 Å². The number of sulfone groups is 1. The highest BCUT2D eigenvalue weighted by Gasteiger charge is 2.23. The lowest BCUT2D eigenvalue weighted by molar-refractivity contribution is -0.146. The molecule has 1 amide bonds. The van der Waals surface area contributed by atoms with Crippen molar-refractivity contribution in [1.29, 1.82) is 0 Å². The number of carbonyl (C=O) groups excluding carboxylic acids is 1. The Hall–Kier alpha value is -3.90. The number of aliphatic carboxylic acids is 1. The number of aryl methyl sites for hydroxylation is 1. The monoisotopic (exact) mass is 666 g/mol. The Balaban J connectivity index is 1.14. The molecule has 0 spiro atoms. The molecule has 0 aliphatic heterocycles. The molecule has 0 radical (unpaired) electrons. The zero-order chi connectivity index (χ0) is 31.1. The Morgan fingerprint density at radius 2 is 1.73 bits per heavy atom. The summed E-state index contributed by atoms with van der Waals surface area (Å²) in [6, 6.07) is 27.6. The third kappa shape index (κ3) is 8.38. The topological polar surface area (TPSA) is 123 Å². The molecule has 8 nitrogen and oxygen atoms in total. The smallest absolute Gasteiger partial charge is 0.366 e. The van der Waals surface area contributed by atoms with Gasteiger partial charge in [-0.25, -0.2) is 18.2 Å². The summed E-state index contributed by atoms with van der Waals surface area (Å²) in [5.41, 5.74) is 2.12. The number of benzene rings is 4. The summed E-state index contributed by atoms with van der Waals surface area (Å²) in [5.74, 6) is -1.08. The second-order valence-corrected chi connectivity index (χ2v) is 14.4. The number of carboxylic acid groups (broad SMARTS) is 1. The lowest BCUT2D eigenvalue weighted by atomic mass is 10.1. The second-order valence-electron chi connectivity index (χ2n) is 9.72. The fourth-order valence-electron chi connectivity index (χ4n) is 4.29. The molecule has 226 valence electrons. The minimum Gasteiger partial charge on any atom is -0.477 e. The molecule has 2 N–H and O–H groups in total. The molecule has 0 saturated heterocycles. The number of nitrogens with zero attached hydrogens (tertiary/aromatic N) is 1. The molecule has 5 rings (SSSR count). The molecule has 0 fully saturated rings. The van der Waals surface area contributed by atoms with Crippen molar-refractivity contribution in [2.24, 2.45) is 0 Å². The minimum atomic E-state index is -3.43. The summed E-state index contributed by atoms with van der Waals surface area (Å²) in [5, 5.41) is 13.6. The van der Waals surface area contributed by atoms with Gasteiger partial charge in [-0.15, -0.1) is 23.1 Å². The Labute approximate surface area is 268 Å². The number of fused-ring (bicyclic) bond motifs is 1. The first-order valence-corrected chi connectivity index (χ1v) is 17.3. The van der Waals surface area contributed by atoms with E-state index in [0.717, 1.165) is 25.7 Å². The summed E-state index contributed by atoms with van der Waals surface area (Å²) in [4.78, 5) is 30.5. The maximum atomic E-state index is 12.9. The van der Waals surface area contributed by atoms with Crippen molar-refractivity contribution in [2.45, 2.75) is 34.6 Å². The standard InChI is InChI=1S/C32H27ClN2O6S3/c33-23-12-16-26(17-13-23)44(39,40)18-4-5-21-10-14-24(15-11-21)41-31(32(37)38)35-30(36)22-6-3-7-25(19-22)42-20-29-34-27-8-1-2-9-28(27)43-29/h1-3,6-17,19,31H,4-5,18,20H2,(H,35,36)(H,37,38). The van der Waals surface area contributed by atoms with Crippen LogP contribution in [0.25, 0.3) is 10.2 Å². The van der Waals surface area contributed by atoms with Crippen molar-refractivity contribution in [2.75, 3.05) is 5.75 Å². The van der Waals surface area contributed by atoms with E-state index in [0.29, 0.717) is 29.2 Å². The van der Waals surface area contributed by atoms with Gasteiger partial charge in [-0.3, -0.25) is 4.79 Å². The molecule has 1 atom stereocenters. The summed E-state index contributed by atoms with van der Waals surface area (Å²) in [6.07, 6.45) is -0.715. The highest BCUT2D eigenvalue weighted by atomic mass is 35.5. The fraction of sp³-hybridized carbons (Fsp3) is 0.156. The van der Waals surface area contributed by atoms with E-state index < -0.39 is 27.9 Å². The number of amides is 1. The van der Waals surface area contributed by atoms with Crippen molar-refractivity contribution in [3.63, 3.8) is 0 Å². The lowest BCUT2D eigenvalue weighted by Gasteiger charge is -2.17. The molecule has 0 saturated carbocycles. The van der Waals surface area contributed by atoms with Crippen LogP contribution in [-0.2, 0) is 26.8 Å². The van der Waals surface area contributed by atoms with Crippen molar-refractivity contribution in [3.8, 4) is 5.75 Å². The number of thiazole rings is 1. The summed E-state index contributed by atoms with van der Waals surface area (Å²) >= 11 is 9.01. The molecule has 0 aliphatic rings. The predicted molar refractivity (Wildman–Crippen MR) is 173 cm³/mol. The highest BCUT2D eigenvalue weighted by molar-refractivity contribution is 7.98. The number of halogens is 1. The number of thioether (sulfide) groups is 1. The van der Waals surface area contributed by atoms with Gasteiger partial charge in [0.1, 0.15) is 10.8 Å². The van der Waals surface area contributed by atoms with Crippen LogP contribution < -0.4 is 10.1 Å². The maximum absolute atomic E-state index is 12.9. The van der Waals surface area contributed by atoms with Gasteiger partial charge in [0.15, 0.2) is 9.84 Å². The van der Waals surface area contributed by atoms with Crippen LogP contribution in [0.1, 0.15) is 27.3 Å². The van der Waals surface area contributed by atoms with Crippen LogP contribution >= 0.6 is 34.7 Å². The molecular formula is C32H27ClN2O6S3. The van der Waals surface area contributed by atoms with Gasteiger partial charge in [-0.2, -0.15) is 0 Å². The van der Waals surface area contributed by atoms with Crippen LogP contribution in [0.5, 0.6) is 5.75 Å². The number of ether oxygens (including phenoxy) is 1. The number of para-hydroxylation sites is 1.